The van der Waals surface area contributed by atoms with Gasteiger partial charge in [0.1, 0.15) is 0 Å². The Morgan fingerprint density at radius 2 is 2.33 bits per heavy atom. The van der Waals surface area contributed by atoms with E-state index in [-0.39, 0.29) is 5.91 Å². The standard InChI is InChI=1S/C14H21N3O/c1-10-7-12(14(15)18)3-4-13(10)9-17-6-5-16-8-11(17)2/h3-4,7,11,16H,5-6,8-9H2,1-2H3,(H2,15,18). The second kappa shape index (κ2) is 5.50. The Kier molecular flexibility index (Phi) is 3.99. The maximum absolute atomic E-state index is 11.1. The predicted octanol–water partition coefficient (Wildman–Crippen LogP) is 0.888. The van der Waals surface area contributed by atoms with Crippen LogP contribution in [0, 0.1) is 6.92 Å². The van der Waals surface area contributed by atoms with Crippen molar-refractivity contribution in [1.29, 1.82) is 0 Å². The van der Waals surface area contributed by atoms with E-state index in [1.807, 2.05) is 25.1 Å². The summed E-state index contributed by atoms with van der Waals surface area (Å²) in [5, 5.41) is 3.39. The number of carbonyl (C=O) groups excluding carboxylic acids is 1. The van der Waals surface area contributed by atoms with E-state index in [9.17, 15) is 4.79 Å². The number of nitrogens with zero attached hydrogens (tertiary/aromatic N) is 1. The van der Waals surface area contributed by atoms with E-state index in [0.717, 1.165) is 31.7 Å². The van der Waals surface area contributed by atoms with Crippen LogP contribution in [0.5, 0.6) is 0 Å². The summed E-state index contributed by atoms with van der Waals surface area (Å²) in [7, 11) is 0. The molecule has 1 aliphatic heterocycles. The summed E-state index contributed by atoms with van der Waals surface area (Å²) in [6.45, 7) is 8.36. The van der Waals surface area contributed by atoms with Gasteiger partial charge in [-0.3, -0.25) is 9.69 Å². The number of hydrogen-bond acceptors (Lipinski definition) is 3. The first-order valence-corrected chi connectivity index (χ1v) is 6.42. The monoisotopic (exact) mass is 247 g/mol. The van der Waals surface area contributed by atoms with Crippen LogP contribution in [0.3, 0.4) is 0 Å². The van der Waals surface area contributed by atoms with Gasteiger partial charge >= 0.3 is 0 Å². The predicted molar refractivity (Wildman–Crippen MR) is 72.4 cm³/mol. The molecule has 4 nitrogen and oxygen atoms in total. The van der Waals surface area contributed by atoms with Crippen LogP contribution in [0.1, 0.15) is 28.4 Å². The Balaban J connectivity index is 2.11. The number of amides is 1. The van der Waals surface area contributed by atoms with Crippen LogP contribution in [0.15, 0.2) is 18.2 Å². The molecule has 0 spiro atoms. The van der Waals surface area contributed by atoms with Gasteiger partial charge in [-0.2, -0.15) is 0 Å². The molecule has 0 saturated carbocycles. The molecule has 1 amide bonds. The number of carbonyl (C=O) groups is 1. The highest BCUT2D eigenvalue weighted by Gasteiger charge is 2.18. The average Bonchev–Trinajstić information content (AvgIpc) is 2.34. The van der Waals surface area contributed by atoms with Crippen molar-refractivity contribution in [1.82, 2.24) is 10.2 Å². The summed E-state index contributed by atoms with van der Waals surface area (Å²) in [6.07, 6.45) is 0. The van der Waals surface area contributed by atoms with Crippen LogP contribution in [0.4, 0.5) is 0 Å². The fourth-order valence-electron chi connectivity index (χ4n) is 2.36. The van der Waals surface area contributed by atoms with Gasteiger partial charge in [-0.05, 0) is 37.1 Å². The lowest BCUT2D eigenvalue weighted by Gasteiger charge is -2.34. The lowest BCUT2D eigenvalue weighted by Crippen LogP contribution is -2.49. The fourth-order valence-corrected chi connectivity index (χ4v) is 2.36. The molecular formula is C14H21N3O. The largest absolute Gasteiger partial charge is 0.366 e. The van der Waals surface area contributed by atoms with Crippen LogP contribution in [-0.4, -0.2) is 36.5 Å². The Morgan fingerprint density at radius 1 is 1.56 bits per heavy atom. The minimum Gasteiger partial charge on any atom is -0.366 e. The van der Waals surface area contributed by atoms with Crippen molar-refractivity contribution in [2.75, 3.05) is 19.6 Å². The number of nitrogens with one attached hydrogen (secondary N) is 1. The van der Waals surface area contributed by atoms with E-state index in [1.165, 1.54) is 5.56 Å². The molecule has 0 radical (unpaired) electrons. The number of primary amides is 1. The van der Waals surface area contributed by atoms with Crippen molar-refractivity contribution in [3.05, 3.63) is 34.9 Å². The third-order valence-corrected chi connectivity index (χ3v) is 3.64. The Hall–Kier alpha value is -1.39. The van der Waals surface area contributed by atoms with Crippen LogP contribution >= 0.6 is 0 Å². The molecule has 0 aromatic heterocycles. The number of aryl methyl sites for hydroxylation is 1. The molecule has 1 atom stereocenters. The van der Waals surface area contributed by atoms with E-state index in [4.69, 9.17) is 5.73 Å². The van der Waals surface area contributed by atoms with E-state index >= 15 is 0 Å². The second-order valence-electron chi connectivity index (χ2n) is 5.03. The van der Waals surface area contributed by atoms with Crippen molar-refractivity contribution >= 4 is 5.91 Å². The quantitative estimate of drug-likeness (QED) is 0.834. The van der Waals surface area contributed by atoms with Gasteiger partial charge in [0.15, 0.2) is 0 Å². The number of hydrogen-bond donors (Lipinski definition) is 2. The SMILES string of the molecule is Cc1cc(C(N)=O)ccc1CN1CCNCC1C. The topological polar surface area (TPSA) is 58.4 Å². The molecule has 1 aliphatic rings. The van der Waals surface area contributed by atoms with Crippen molar-refractivity contribution in [2.45, 2.75) is 26.4 Å². The van der Waals surface area contributed by atoms with Gasteiger partial charge in [0.05, 0.1) is 0 Å². The summed E-state index contributed by atoms with van der Waals surface area (Å²) in [4.78, 5) is 13.6. The van der Waals surface area contributed by atoms with Gasteiger partial charge in [-0.15, -0.1) is 0 Å². The normalized spacial score (nSPS) is 20.9. The van der Waals surface area contributed by atoms with Gasteiger partial charge in [-0.1, -0.05) is 6.07 Å². The summed E-state index contributed by atoms with van der Waals surface area (Å²) in [5.74, 6) is -0.361. The zero-order valence-electron chi connectivity index (χ0n) is 11.1. The zero-order valence-corrected chi connectivity index (χ0v) is 11.1. The maximum Gasteiger partial charge on any atom is 0.248 e. The Labute approximate surface area is 108 Å². The first kappa shape index (κ1) is 13.1. The molecular weight excluding hydrogens is 226 g/mol. The van der Waals surface area contributed by atoms with Crippen LogP contribution < -0.4 is 11.1 Å². The highest BCUT2D eigenvalue weighted by atomic mass is 16.1. The molecule has 18 heavy (non-hydrogen) atoms. The molecule has 1 aromatic rings. The first-order valence-electron chi connectivity index (χ1n) is 6.42. The van der Waals surface area contributed by atoms with Crippen LogP contribution in [-0.2, 0) is 6.54 Å². The molecule has 0 aliphatic carbocycles. The van der Waals surface area contributed by atoms with Gasteiger partial charge < -0.3 is 11.1 Å². The summed E-state index contributed by atoms with van der Waals surface area (Å²) >= 11 is 0. The second-order valence-corrected chi connectivity index (χ2v) is 5.03. The summed E-state index contributed by atoms with van der Waals surface area (Å²) in [6, 6.07) is 6.26. The highest BCUT2D eigenvalue weighted by molar-refractivity contribution is 5.93. The maximum atomic E-state index is 11.1. The van der Waals surface area contributed by atoms with E-state index in [1.54, 1.807) is 0 Å². The molecule has 2 rings (SSSR count). The molecule has 3 N–H and O–H groups in total. The number of benzene rings is 1. The molecule has 1 unspecified atom stereocenters. The van der Waals surface area contributed by atoms with Crippen molar-refractivity contribution in [3.63, 3.8) is 0 Å². The summed E-state index contributed by atoms with van der Waals surface area (Å²) in [5.41, 5.74) is 8.28. The smallest absolute Gasteiger partial charge is 0.248 e. The Bertz CT molecular complexity index is 445. The molecule has 4 heteroatoms. The van der Waals surface area contributed by atoms with Crippen LogP contribution in [0.2, 0.25) is 0 Å². The van der Waals surface area contributed by atoms with Gasteiger partial charge in [-0.25, -0.2) is 0 Å². The molecule has 98 valence electrons. The lowest BCUT2D eigenvalue weighted by molar-refractivity contribution is 0.1000. The van der Waals surface area contributed by atoms with E-state index in [2.05, 4.69) is 17.1 Å². The van der Waals surface area contributed by atoms with Crippen molar-refractivity contribution < 1.29 is 4.79 Å². The molecule has 1 fully saturated rings. The number of nitrogens with two attached hydrogens (primary N) is 1. The Morgan fingerprint density at radius 3 is 2.94 bits per heavy atom. The van der Waals surface area contributed by atoms with Crippen molar-refractivity contribution in [3.8, 4) is 0 Å². The van der Waals surface area contributed by atoms with Crippen molar-refractivity contribution in [2.24, 2.45) is 5.73 Å². The van der Waals surface area contributed by atoms with E-state index in [0.29, 0.717) is 11.6 Å². The summed E-state index contributed by atoms with van der Waals surface area (Å²) < 4.78 is 0. The lowest BCUT2D eigenvalue weighted by atomic mass is 10.0. The molecule has 0 bridgehead atoms. The minimum absolute atomic E-state index is 0.361. The number of piperazine rings is 1. The molecule has 1 saturated heterocycles. The molecule has 1 heterocycles. The van der Waals surface area contributed by atoms with Gasteiger partial charge in [0, 0.05) is 37.8 Å². The first-order chi connectivity index (χ1) is 8.58. The minimum atomic E-state index is -0.361. The average molecular weight is 247 g/mol. The third-order valence-electron chi connectivity index (χ3n) is 3.64. The van der Waals surface area contributed by atoms with Gasteiger partial charge in [0.2, 0.25) is 5.91 Å². The fraction of sp³-hybridized carbons (Fsp3) is 0.500. The zero-order chi connectivity index (χ0) is 13.1. The molecule has 1 aromatic carbocycles. The van der Waals surface area contributed by atoms with E-state index < -0.39 is 0 Å². The van der Waals surface area contributed by atoms with Crippen LogP contribution in [0.25, 0.3) is 0 Å². The number of rotatable bonds is 3. The third kappa shape index (κ3) is 2.89. The van der Waals surface area contributed by atoms with Gasteiger partial charge in [0.25, 0.3) is 0 Å². The highest BCUT2D eigenvalue weighted by Crippen LogP contribution is 2.15.